The Morgan fingerprint density at radius 2 is 2.32 bits per heavy atom. The summed E-state index contributed by atoms with van der Waals surface area (Å²) in [5, 5.41) is 10.6. The van der Waals surface area contributed by atoms with Gasteiger partial charge in [-0.3, -0.25) is 4.79 Å². The Kier molecular flexibility index (Phi) is 4.66. The van der Waals surface area contributed by atoms with Crippen LogP contribution in [0.4, 0.5) is 0 Å². The predicted octanol–water partition coefficient (Wildman–Crippen LogP) is 2.24. The minimum absolute atomic E-state index is 0.0272. The van der Waals surface area contributed by atoms with E-state index in [9.17, 15) is 4.79 Å². The molecule has 0 bridgehead atoms. The van der Waals surface area contributed by atoms with E-state index in [-0.39, 0.29) is 25.0 Å². The van der Waals surface area contributed by atoms with Crippen LogP contribution < -0.4 is 0 Å². The second-order valence-corrected chi connectivity index (χ2v) is 5.84. The summed E-state index contributed by atoms with van der Waals surface area (Å²) in [6.45, 7) is 1.62. The molecule has 0 saturated carbocycles. The number of furan rings is 1. The fourth-order valence-corrected chi connectivity index (χ4v) is 2.99. The SMILES string of the molecule is O=C(Cc1coc2cc(Cl)ccc12)N1CCOCC1CCO. The van der Waals surface area contributed by atoms with Crippen molar-refractivity contribution in [2.24, 2.45) is 0 Å². The van der Waals surface area contributed by atoms with Crippen molar-refractivity contribution in [1.82, 2.24) is 4.90 Å². The van der Waals surface area contributed by atoms with Gasteiger partial charge in [-0.25, -0.2) is 0 Å². The molecule has 6 heteroatoms. The molecule has 1 amide bonds. The number of aliphatic hydroxyl groups excluding tert-OH is 1. The van der Waals surface area contributed by atoms with Gasteiger partial charge in [0.2, 0.25) is 5.91 Å². The number of amides is 1. The molecule has 2 heterocycles. The van der Waals surface area contributed by atoms with Crippen LogP contribution in [-0.2, 0) is 16.0 Å². The van der Waals surface area contributed by atoms with E-state index < -0.39 is 0 Å². The van der Waals surface area contributed by atoms with Crippen LogP contribution in [0.5, 0.6) is 0 Å². The predicted molar refractivity (Wildman–Crippen MR) is 83.0 cm³/mol. The van der Waals surface area contributed by atoms with E-state index in [1.54, 1.807) is 23.3 Å². The van der Waals surface area contributed by atoms with Crippen molar-refractivity contribution in [3.8, 4) is 0 Å². The maximum Gasteiger partial charge on any atom is 0.227 e. The van der Waals surface area contributed by atoms with Gasteiger partial charge in [0.15, 0.2) is 0 Å². The summed E-state index contributed by atoms with van der Waals surface area (Å²) in [6.07, 6.45) is 2.42. The topological polar surface area (TPSA) is 62.9 Å². The summed E-state index contributed by atoms with van der Waals surface area (Å²) >= 11 is 5.94. The molecule has 1 aromatic carbocycles. The average molecular weight is 324 g/mol. The van der Waals surface area contributed by atoms with Crippen molar-refractivity contribution < 1.29 is 19.1 Å². The first-order valence-electron chi connectivity index (χ1n) is 7.32. The number of aliphatic hydroxyl groups is 1. The van der Waals surface area contributed by atoms with Crippen LogP contribution >= 0.6 is 11.6 Å². The number of ether oxygens (including phenoxy) is 1. The molecule has 1 aliphatic rings. The molecule has 22 heavy (non-hydrogen) atoms. The zero-order chi connectivity index (χ0) is 15.5. The Morgan fingerprint density at radius 3 is 3.14 bits per heavy atom. The lowest BCUT2D eigenvalue weighted by Crippen LogP contribution is -2.49. The first-order valence-corrected chi connectivity index (χ1v) is 7.70. The highest BCUT2D eigenvalue weighted by Gasteiger charge is 2.27. The maximum atomic E-state index is 12.6. The number of fused-ring (bicyclic) bond motifs is 1. The van der Waals surface area contributed by atoms with Crippen LogP contribution in [0, 0.1) is 0 Å². The minimum atomic E-state index is -0.0566. The quantitative estimate of drug-likeness (QED) is 0.937. The smallest absolute Gasteiger partial charge is 0.227 e. The number of halogens is 1. The van der Waals surface area contributed by atoms with Crippen molar-refractivity contribution in [3.63, 3.8) is 0 Å². The zero-order valence-corrected chi connectivity index (χ0v) is 12.9. The Morgan fingerprint density at radius 1 is 1.45 bits per heavy atom. The normalized spacial score (nSPS) is 18.8. The number of rotatable bonds is 4. The second kappa shape index (κ2) is 6.69. The van der Waals surface area contributed by atoms with E-state index in [2.05, 4.69) is 0 Å². The van der Waals surface area contributed by atoms with E-state index in [4.69, 9.17) is 25.9 Å². The molecule has 1 aromatic heterocycles. The van der Waals surface area contributed by atoms with Gasteiger partial charge in [0.1, 0.15) is 5.58 Å². The molecule has 1 aliphatic heterocycles. The molecule has 0 spiro atoms. The number of hydrogen-bond donors (Lipinski definition) is 1. The lowest BCUT2D eigenvalue weighted by Gasteiger charge is -2.35. The molecule has 118 valence electrons. The third-order valence-corrected chi connectivity index (χ3v) is 4.20. The van der Waals surface area contributed by atoms with Crippen LogP contribution in [0.2, 0.25) is 5.02 Å². The largest absolute Gasteiger partial charge is 0.464 e. The molecule has 3 rings (SSSR count). The van der Waals surface area contributed by atoms with E-state index in [0.717, 1.165) is 10.9 Å². The third kappa shape index (κ3) is 3.11. The van der Waals surface area contributed by atoms with Crippen LogP contribution in [0.3, 0.4) is 0 Å². The van der Waals surface area contributed by atoms with Gasteiger partial charge >= 0.3 is 0 Å². The third-order valence-electron chi connectivity index (χ3n) is 3.97. The molecule has 0 aliphatic carbocycles. The summed E-state index contributed by atoms with van der Waals surface area (Å²) in [6, 6.07) is 5.35. The molecule has 1 atom stereocenters. The molecule has 1 unspecified atom stereocenters. The maximum absolute atomic E-state index is 12.6. The average Bonchev–Trinajstić information content (AvgIpc) is 2.90. The Labute approximate surface area is 133 Å². The Hall–Kier alpha value is -1.56. The van der Waals surface area contributed by atoms with Crippen molar-refractivity contribution in [3.05, 3.63) is 35.0 Å². The number of hydrogen-bond acceptors (Lipinski definition) is 4. The Balaban J connectivity index is 1.77. The van der Waals surface area contributed by atoms with Crippen LogP contribution in [0.25, 0.3) is 11.0 Å². The number of benzene rings is 1. The monoisotopic (exact) mass is 323 g/mol. The standard InChI is InChI=1S/C16H18ClNO4/c17-12-1-2-14-11(9-22-15(14)8-12)7-16(20)18-4-6-21-10-13(18)3-5-19/h1-2,8-9,13,19H,3-7,10H2. The second-order valence-electron chi connectivity index (χ2n) is 5.41. The number of nitrogens with zero attached hydrogens (tertiary/aromatic N) is 1. The van der Waals surface area contributed by atoms with Gasteiger partial charge in [0.05, 0.1) is 31.9 Å². The molecule has 2 aromatic rings. The molecule has 1 saturated heterocycles. The van der Waals surface area contributed by atoms with Gasteiger partial charge < -0.3 is 19.2 Å². The van der Waals surface area contributed by atoms with E-state index in [1.165, 1.54) is 0 Å². The molecule has 5 nitrogen and oxygen atoms in total. The van der Waals surface area contributed by atoms with Crippen molar-refractivity contribution in [2.45, 2.75) is 18.9 Å². The van der Waals surface area contributed by atoms with Crippen LogP contribution in [0.15, 0.2) is 28.9 Å². The lowest BCUT2D eigenvalue weighted by atomic mass is 10.1. The van der Waals surface area contributed by atoms with E-state index in [0.29, 0.717) is 36.8 Å². The number of carbonyl (C=O) groups excluding carboxylic acids is 1. The fourth-order valence-electron chi connectivity index (χ4n) is 2.83. The summed E-state index contributed by atoms with van der Waals surface area (Å²) in [7, 11) is 0. The van der Waals surface area contributed by atoms with Gasteiger partial charge in [-0.1, -0.05) is 11.6 Å². The van der Waals surface area contributed by atoms with Gasteiger partial charge in [-0.05, 0) is 24.6 Å². The zero-order valence-electron chi connectivity index (χ0n) is 12.1. The summed E-state index contributed by atoms with van der Waals surface area (Å²) in [5.41, 5.74) is 1.54. The summed E-state index contributed by atoms with van der Waals surface area (Å²) in [5.74, 6) is 0.0272. The summed E-state index contributed by atoms with van der Waals surface area (Å²) in [4.78, 5) is 14.4. The Bertz CT molecular complexity index is 667. The highest BCUT2D eigenvalue weighted by Crippen LogP contribution is 2.25. The van der Waals surface area contributed by atoms with Crippen molar-refractivity contribution >= 4 is 28.5 Å². The van der Waals surface area contributed by atoms with Crippen molar-refractivity contribution in [1.29, 1.82) is 0 Å². The molecule has 1 N–H and O–H groups in total. The highest BCUT2D eigenvalue weighted by molar-refractivity contribution is 6.31. The van der Waals surface area contributed by atoms with E-state index >= 15 is 0 Å². The molecule has 1 fully saturated rings. The van der Waals surface area contributed by atoms with Crippen LogP contribution in [0.1, 0.15) is 12.0 Å². The van der Waals surface area contributed by atoms with Crippen molar-refractivity contribution in [2.75, 3.05) is 26.4 Å². The first kappa shape index (κ1) is 15.3. The van der Waals surface area contributed by atoms with E-state index in [1.807, 2.05) is 6.07 Å². The first-order chi connectivity index (χ1) is 10.7. The molecular weight excluding hydrogens is 306 g/mol. The van der Waals surface area contributed by atoms with Gasteiger partial charge in [0.25, 0.3) is 0 Å². The molecular formula is C16H18ClNO4. The lowest BCUT2D eigenvalue weighted by molar-refractivity contribution is -0.139. The van der Waals surface area contributed by atoms with Crippen LogP contribution in [-0.4, -0.2) is 48.3 Å². The minimum Gasteiger partial charge on any atom is -0.464 e. The summed E-state index contributed by atoms with van der Waals surface area (Å²) < 4.78 is 10.9. The molecule has 0 radical (unpaired) electrons. The van der Waals surface area contributed by atoms with Gasteiger partial charge in [-0.15, -0.1) is 0 Å². The highest BCUT2D eigenvalue weighted by atomic mass is 35.5. The van der Waals surface area contributed by atoms with Gasteiger partial charge in [0, 0.05) is 29.1 Å². The fraction of sp³-hybridized carbons (Fsp3) is 0.438. The van der Waals surface area contributed by atoms with Gasteiger partial charge in [-0.2, -0.15) is 0 Å². The number of morpholine rings is 1. The number of carbonyl (C=O) groups is 1.